The lowest BCUT2D eigenvalue weighted by atomic mass is 10.1. The maximum atomic E-state index is 13.0. The number of ether oxygens (including phenoxy) is 3. The number of hydrogen-bond acceptors (Lipinski definition) is 8. The van der Waals surface area contributed by atoms with Crippen LogP contribution in [0.25, 0.3) is 0 Å². The van der Waals surface area contributed by atoms with E-state index >= 15 is 0 Å². The summed E-state index contributed by atoms with van der Waals surface area (Å²) >= 11 is 1.28. The third-order valence-electron chi connectivity index (χ3n) is 4.88. The molecule has 182 valence electrons. The molecule has 0 radical (unpaired) electrons. The van der Waals surface area contributed by atoms with E-state index in [9.17, 15) is 13.2 Å². The Morgan fingerprint density at radius 2 is 1.73 bits per heavy atom. The summed E-state index contributed by atoms with van der Waals surface area (Å²) in [7, 11) is -0.496. The average Bonchev–Trinajstić information content (AvgIpc) is 3.17. The van der Waals surface area contributed by atoms with E-state index < -0.39 is 10.2 Å². The molecule has 0 fully saturated rings. The van der Waals surface area contributed by atoms with Crippen molar-refractivity contribution in [1.82, 2.24) is 13.6 Å². The number of hydrogen-bond donors (Lipinski definition) is 1. The Morgan fingerprint density at radius 3 is 2.27 bits per heavy atom. The summed E-state index contributed by atoms with van der Waals surface area (Å²) in [6.07, 6.45) is 0.487. The molecule has 33 heavy (non-hydrogen) atoms. The lowest BCUT2D eigenvalue weighted by molar-refractivity contribution is 0.102. The van der Waals surface area contributed by atoms with E-state index in [1.807, 2.05) is 20.8 Å². The summed E-state index contributed by atoms with van der Waals surface area (Å²) < 4.78 is 44.5. The number of thiazole rings is 1. The maximum Gasteiger partial charge on any atom is 0.281 e. The second-order valence-corrected chi connectivity index (χ2v) is 10.5. The zero-order valence-electron chi connectivity index (χ0n) is 19.5. The fourth-order valence-electron chi connectivity index (χ4n) is 3.34. The minimum absolute atomic E-state index is 0.232. The van der Waals surface area contributed by atoms with Crippen molar-refractivity contribution in [1.29, 1.82) is 0 Å². The molecule has 3 rings (SSSR count). The number of nitrogens with zero attached hydrogens (tertiary/aromatic N) is 3. The van der Waals surface area contributed by atoms with Crippen LogP contribution in [0.1, 0.15) is 41.7 Å². The van der Waals surface area contributed by atoms with Gasteiger partial charge in [0, 0.05) is 37.5 Å². The Kier molecular flexibility index (Phi) is 8.16. The zero-order valence-corrected chi connectivity index (χ0v) is 21.1. The lowest BCUT2D eigenvalue weighted by Gasteiger charge is -2.27. The van der Waals surface area contributed by atoms with Crippen LogP contribution in [0.4, 0.5) is 5.13 Å². The molecule has 12 heteroatoms. The largest absolute Gasteiger partial charge is 0.490 e. The highest BCUT2D eigenvalue weighted by Gasteiger charge is 2.31. The summed E-state index contributed by atoms with van der Waals surface area (Å²) in [5.41, 5.74) is 1.15. The monoisotopic (exact) mass is 498 g/mol. The van der Waals surface area contributed by atoms with Gasteiger partial charge in [-0.05, 0) is 32.9 Å². The first-order chi connectivity index (χ1) is 15.7. The van der Waals surface area contributed by atoms with Crippen LogP contribution in [-0.2, 0) is 23.2 Å². The minimum Gasteiger partial charge on any atom is -0.490 e. The quantitative estimate of drug-likeness (QED) is 0.536. The van der Waals surface area contributed by atoms with Gasteiger partial charge in [-0.2, -0.15) is 17.0 Å². The van der Waals surface area contributed by atoms with Crippen molar-refractivity contribution in [2.24, 2.45) is 0 Å². The highest BCUT2D eigenvalue weighted by atomic mass is 32.2. The molecular weight excluding hydrogens is 468 g/mol. The average molecular weight is 499 g/mol. The number of amides is 1. The number of carbonyl (C=O) groups is 1. The highest BCUT2D eigenvalue weighted by molar-refractivity contribution is 7.86. The number of anilines is 1. The summed E-state index contributed by atoms with van der Waals surface area (Å²) in [6, 6.07) is 3.23. The molecule has 0 atom stereocenters. The SMILES string of the molecule is CCOc1cc(C(=O)Nc2nc3c(s2)CN(S(=O)(=O)N(C)C)CC3)cc(OCC)c1OCC. The second kappa shape index (κ2) is 10.7. The van der Waals surface area contributed by atoms with Crippen LogP contribution in [-0.4, -0.2) is 68.4 Å². The number of fused-ring (bicyclic) bond motifs is 1. The first-order valence-electron chi connectivity index (χ1n) is 10.7. The Labute approximate surface area is 198 Å². The van der Waals surface area contributed by atoms with E-state index in [0.29, 0.717) is 60.7 Å². The van der Waals surface area contributed by atoms with E-state index in [-0.39, 0.29) is 12.5 Å². The third kappa shape index (κ3) is 5.57. The molecule has 2 aromatic rings. The van der Waals surface area contributed by atoms with E-state index in [1.54, 1.807) is 12.1 Å². The fraction of sp³-hybridized carbons (Fsp3) is 0.524. The Hall–Kier alpha value is -2.41. The summed E-state index contributed by atoms with van der Waals surface area (Å²) in [4.78, 5) is 18.3. The van der Waals surface area contributed by atoms with Crippen LogP contribution in [0.2, 0.25) is 0 Å². The molecule has 1 amide bonds. The van der Waals surface area contributed by atoms with E-state index in [1.165, 1.54) is 34.0 Å². The number of aromatic nitrogens is 1. The van der Waals surface area contributed by atoms with Crippen LogP contribution in [0.5, 0.6) is 17.2 Å². The Balaban J connectivity index is 1.83. The molecule has 0 bridgehead atoms. The summed E-state index contributed by atoms with van der Waals surface area (Å²) in [5, 5.41) is 3.24. The third-order valence-corrected chi connectivity index (χ3v) is 7.76. The van der Waals surface area contributed by atoms with Crippen molar-refractivity contribution in [3.05, 3.63) is 28.3 Å². The van der Waals surface area contributed by atoms with Crippen molar-refractivity contribution in [3.8, 4) is 17.2 Å². The van der Waals surface area contributed by atoms with Gasteiger partial charge in [-0.3, -0.25) is 10.1 Å². The molecular formula is C21H30N4O6S2. The van der Waals surface area contributed by atoms with E-state index in [4.69, 9.17) is 14.2 Å². The predicted octanol–water partition coefficient (Wildman–Crippen LogP) is 2.76. The van der Waals surface area contributed by atoms with Gasteiger partial charge in [0.15, 0.2) is 16.6 Å². The van der Waals surface area contributed by atoms with Gasteiger partial charge in [-0.1, -0.05) is 0 Å². The highest BCUT2D eigenvalue weighted by Crippen LogP contribution is 2.39. The number of carbonyl (C=O) groups excluding carboxylic acids is 1. The number of nitrogens with one attached hydrogen (secondary N) is 1. The van der Waals surface area contributed by atoms with Gasteiger partial charge in [0.2, 0.25) is 5.75 Å². The molecule has 2 heterocycles. The Morgan fingerprint density at radius 1 is 1.12 bits per heavy atom. The van der Waals surface area contributed by atoms with Gasteiger partial charge in [0.1, 0.15) is 0 Å². The molecule has 1 aromatic heterocycles. The fourth-order valence-corrected chi connectivity index (χ4v) is 5.52. The Bertz CT molecular complexity index is 1070. The zero-order chi connectivity index (χ0) is 24.2. The van der Waals surface area contributed by atoms with Crippen molar-refractivity contribution in [3.63, 3.8) is 0 Å². The molecule has 1 aliphatic rings. The van der Waals surface area contributed by atoms with Gasteiger partial charge in [-0.25, -0.2) is 4.98 Å². The topological polar surface area (TPSA) is 110 Å². The summed E-state index contributed by atoms with van der Waals surface area (Å²) in [5.74, 6) is 0.949. The van der Waals surface area contributed by atoms with Crippen LogP contribution < -0.4 is 19.5 Å². The van der Waals surface area contributed by atoms with Crippen LogP contribution >= 0.6 is 11.3 Å². The molecule has 0 aliphatic carbocycles. The molecule has 10 nitrogen and oxygen atoms in total. The van der Waals surface area contributed by atoms with Crippen molar-refractivity contribution < 1.29 is 27.4 Å². The first kappa shape index (κ1) is 25.2. The molecule has 0 saturated heterocycles. The number of benzene rings is 1. The van der Waals surface area contributed by atoms with Gasteiger partial charge < -0.3 is 14.2 Å². The van der Waals surface area contributed by atoms with Gasteiger partial charge in [0.25, 0.3) is 16.1 Å². The van der Waals surface area contributed by atoms with Crippen LogP contribution in [0, 0.1) is 0 Å². The molecule has 1 N–H and O–H groups in total. The van der Waals surface area contributed by atoms with Gasteiger partial charge >= 0.3 is 0 Å². The first-order valence-corrected chi connectivity index (χ1v) is 13.0. The van der Waals surface area contributed by atoms with Crippen LogP contribution in [0.15, 0.2) is 12.1 Å². The smallest absolute Gasteiger partial charge is 0.281 e. The molecule has 1 aromatic carbocycles. The second-order valence-electron chi connectivity index (χ2n) is 7.32. The van der Waals surface area contributed by atoms with Crippen molar-refractivity contribution in [2.45, 2.75) is 33.7 Å². The minimum atomic E-state index is -3.51. The van der Waals surface area contributed by atoms with Crippen molar-refractivity contribution >= 4 is 32.6 Å². The molecule has 0 unspecified atom stereocenters. The predicted molar refractivity (Wildman–Crippen MR) is 127 cm³/mol. The van der Waals surface area contributed by atoms with Crippen molar-refractivity contribution in [2.75, 3.05) is 45.8 Å². The molecule has 0 spiro atoms. The van der Waals surface area contributed by atoms with Crippen LogP contribution in [0.3, 0.4) is 0 Å². The maximum absolute atomic E-state index is 13.0. The van der Waals surface area contributed by atoms with Gasteiger partial charge in [-0.15, -0.1) is 11.3 Å². The lowest BCUT2D eigenvalue weighted by Crippen LogP contribution is -2.42. The van der Waals surface area contributed by atoms with E-state index in [2.05, 4.69) is 10.3 Å². The van der Waals surface area contributed by atoms with E-state index in [0.717, 1.165) is 10.6 Å². The number of rotatable bonds is 10. The molecule has 0 saturated carbocycles. The van der Waals surface area contributed by atoms with Gasteiger partial charge in [0.05, 0.1) is 32.1 Å². The standard InChI is InChI=1S/C21H30N4O6S2/c1-6-29-16-11-14(12-17(30-7-2)19(16)31-8-3)20(26)23-21-22-15-9-10-25(13-18(15)32-21)33(27,28)24(4)5/h11-12H,6-10,13H2,1-5H3,(H,22,23,26). The summed E-state index contributed by atoms with van der Waals surface area (Å²) in [6.45, 7) is 7.38. The molecule has 1 aliphatic heterocycles. The normalized spacial score (nSPS) is 14.1.